The summed E-state index contributed by atoms with van der Waals surface area (Å²) in [5, 5.41) is 6.73. The van der Waals surface area contributed by atoms with Crippen molar-refractivity contribution < 1.29 is 22.8 Å². The Morgan fingerprint density at radius 3 is 2.26 bits per heavy atom. The highest BCUT2D eigenvalue weighted by Gasteiger charge is 2.30. The first kappa shape index (κ1) is 38.0. The number of nitrogens with zero attached hydrogens (tertiary/aromatic N) is 4. The lowest BCUT2D eigenvalue weighted by Gasteiger charge is -2.29. The number of benzene rings is 4. The van der Waals surface area contributed by atoms with E-state index in [2.05, 4.69) is 23.7 Å². The Labute approximate surface area is 319 Å². The van der Waals surface area contributed by atoms with Crippen molar-refractivity contribution in [2.24, 2.45) is 0 Å². The van der Waals surface area contributed by atoms with Crippen molar-refractivity contribution in [3.05, 3.63) is 123 Å². The predicted octanol–water partition coefficient (Wildman–Crippen LogP) is 8.00. The van der Waals surface area contributed by atoms with Crippen LogP contribution in [0.15, 0.2) is 83.8 Å². The number of fused-ring (bicyclic) bond motifs is 2. The summed E-state index contributed by atoms with van der Waals surface area (Å²) >= 11 is 12.9. The maximum Gasteiger partial charge on any atom is 0.275 e. The zero-order valence-electron chi connectivity index (χ0n) is 29.9. The molecule has 10 nitrogen and oxygen atoms in total. The highest BCUT2D eigenvalue weighted by Crippen LogP contribution is 2.30. The van der Waals surface area contributed by atoms with Crippen molar-refractivity contribution in [2.75, 3.05) is 19.6 Å². The van der Waals surface area contributed by atoms with Crippen LogP contribution in [-0.4, -0.2) is 65.4 Å². The molecule has 6 rings (SSSR count). The zero-order valence-corrected chi connectivity index (χ0v) is 32.2. The van der Waals surface area contributed by atoms with Crippen LogP contribution in [0.1, 0.15) is 87.6 Å². The maximum absolute atomic E-state index is 14.4. The van der Waals surface area contributed by atoms with Crippen molar-refractivity contribution in [1.29, 1.82) is 0 Å². The van der Waals surface area contributed by atoms with Gasteiger partial charge in [-0.05, 0) is 90.6 Å². The van der Waals surface area contributed by atoms with Gasteiger partial charge in [0.15, 0.2) is 5.69 Å². The summed E-state index contributed by atoms with van der Waals surface area (Å²) in [6.45, 7) is 7.75. The molecule has 0 spiro atoms. The van der Waals surface area contributed by atoms with E-state index < -0.39 is 15.9 Å². The van der Waals surface area contributed by atoms with Gasteiger partial charge in [0, 0.05) is 36.8 Å². The highest BCUT2D eigenvalue weighted by atomic mass is 35.5. The number of sulfonamides is 1. The summed E-state index contributed by atoms with van der Waals surface area (Å²) in [5.41, 5.74) is 3.03. The van der Waals surface area contributed by atoms with Crippen LogP contribution in [0.2, 0.25) is 10.0 Å². The highest BCUT2D eigenvalue weighted by molar-refractivity contribution is 7.90. The second-order valence-electron chi connectivity index (χ2n) is 13.2. The Morgan fingerprint density at radius 2 is 1.55 bits per heavy atom. The van der Waals surface area contributed by atoms with Crippen LogP contribution in [-0.2, 0) is 23.0 Å². The molecule has 1 aromatic heterocycles. The summed E-state index contributed by atoms with van der Waals surface area (Å²) in [5.74, 6) is -1.59. The first-order valence-electron chi connectivity index (χ1n) is 17.7. The van der Waals surface area contributed by atoms with Gasteiger partial charge in [0.2, 0.25) is 0 Å². The molecule has 0 radical (unpaired) electrons. The van der Waals surface area contributed by atoms with Crippen LogP contribution < -0.4 is 4.72 Å². The largest absolute Gasteiger partial charge is 0.337 e. The molecule has 2 heterocycles. The van der Waals surface area contributed by atoms with E-state index >= 15 is 0 Å². The second-order valence-corrected chi connectivity index (χ2v) is 15.7. The molecular formula is C40H41Cl2N5O5S. The van der Waals surface area contributed by atoms with Crippen molar-refractivity contribution >= 4 is 61.7 Å². The standard InChI is InChI=1S/C40H41Cl2N5O5S/c1-4-6-19-45(20-7-5-2)40(50)37-36(42)26(3)47(43-37)35-17-14-30(24-34(35)39(49)46-21-18-27-10-8-9-11-31(27)25-46)38(48)44-53(51,52)33-16-13-28-22-32(41)15-12-29(28)23-33/h8-17,22-24H,4-7,18-21,25H2,1-3H3,(H,44,48). The molecule has 3 amide bonds. The van der Waals surface area contributed by atoms with Crippen LogP contribution in [0.5, 0.6) is 0 Å². The first-order chi connectivity index (χ1) is 25.4. The minimum absolute atomic E-state index is 0.0526. The van der Waals surface area contributed by atoms with Crippen molar-refractivity contribution in [1.82, 2.24) is 24.3 Å². The van der Waals surface area contributed by atoms with Gasteiger partial charge in [-0.15, -0.1) is 0 Å². The molecule has 0 bridgehead atoms. The quantitative estimate of drug-likeness (QED) is 0.137. The molecule has 53 heavy (non-hydrogen) atoms. The molecule has 0 unspecified atom stereocenters. The fourth-order valence-electron chi connectivity index (χ4n) is 6.49. The molecule has 0 saturated heterocycles. The molecule has 5 aromatic rings. The number of rotatable bonds is 12. The number of nitrogens with one attached hydrogen (secondary N) is 1. The average molecular weight is 775 g/mol. The van der Waals surface area contributed by atoms with E-state index in [1.165, 1.54) is 35.0 Å². The van der Waals surface area contributed by atoms with Gasteiger partial charge >= 0.3 is 0 Å². The van der Waals surface area contributed by atoms with Gasteiger partial charge < -0.3 is 9.80 Å². The topological polar surface area (TPSA) is 122 Å². The lowest BCUT2D eigenvalue weighted by Crippen LogP contribution is -2.37. The van der Waals surface area contributed by atoms with E-state index in [1.54, 1.807) is 41.0 Å². The first-order valence-corrected chi connectivity index (χ1v) is 20.0. The van der Waals surface area contributed by atoms with Gasteiger partial charge in [-0.1, -0.05) is 86.3 Å². The molecular weight excluding hydrogens is 733 g/mol. The number of amides is 3. The molecule has 0 saturated carbocycles. The molecule has 0 fully saturated rings. The molecule has 1 aliphatic heterocycles. The number of unbranched alkanes of at least 4 members (excludes halogenated alkanes) is 2. The van der Waals surface area contributed by atoms with E-state index in [-0.39, 0.29) is 38.6 Å². The lowest BCUT2D eigenvalue weighted by molar-refractivity contribution is 0.0732. The van der Waals surface area contributed by atoms with Crippen molar-refractivity contribution in [3.8, 4) is 5.69 Å². The van der Waals surface area contributed by atoms with Crippen molar-refractivity contribution in [2.45, 2.75) is 64.3 Å². The normalized spacial score (nSPS) is 12.8. The number of aromatic nitrogens is 2. The summed E-state index contributed by atoms with van der Waals surface area (Å²) in [7, 11) is -4.30. The van der Waals surface area contributed by atoms with E-state index in [9.17, 15) is 22.8 Å². The Balaban J connectivity index is 1.37. The molecule has 4 aromatic carbocycles. The van der Waals surface area contributed by atoms with E-state index in [0.717, 1.165) is 42.2 Å². The number of carbonyl (C=O) groups is 3. The zero-order chi connectivity index (χ0) is 37.9. The fraction of sp³-hybridized carbons (Fsp3) is 0.300. The van der Waals surface area contributed by atoms with Crippen molar-refractivity contribution in [3.63, 3.8) is 0 Å². The SMILES string of the molecule is CCCCN(CCCC)C(=O)c1nn(-c2ccc(C(=O)NS(=O)(=O)c3ccc4cc(Cl)ccc4c3)cc2C(=O)N2CCc3ccccc3C2)c(C)c1Cl. The molecule has 13 heteroatoms. The van der Waals surface area contributed by atoms with E-state index in [4.69, 9.17) is 23.2 Å². The second kappa shape index (κ2) is 16.1. The van der Waals surface area contributed by atoms with Gasteiger partial charge in [-0.25, -0.2) is 17.8 Å². The van der Waals surface area contributed by atoms with Gasteiger partial charge in [-0.2, -0.15) is 5.10 Å². The predicted molar refractivity (Wildman–Crippen MR) is 208 cm³/mol. The third kappa shape index (κ3) is 8.12. The molecule has 276 valence electrons. The maximum atomic E-state index is 14.4. The van der Waals surface area contributed by atoms with Gasteiger partial charge in [0.25, 0.3) is 27.7 Å². The molecule has 1 aliphatic rings. The van der Waals surface area contributed by atoms with Crippen LogP contribution in [0.3, 0.4) is 0 Å². The number of hydrogen-bond donors (Lipinski definition) is 1. The molecule has 1 N–H and O–H groups in total. The summed E-state index contributed by atoms with van der Waals surface area (Å²) in [6.07, 6.45) is 4.15. The summed E-state index contributed by atoms with van der Waals surface area (Å²) in [6, 6.07) is 21.8. The van der Waals surface area contributed by atoms with Crippen LogP contribution >= 0.6 is 23.2 Å². The monoisotopic (exact) mass is 773 g/mol. The smallest absolute Gasteiger partial charge is 0.275 e. The number of halogens is 2. The van der Waals surface area contributed by atoms with E-state index in [0.29, 0.717) is 54.4 Å². The van der Waals surface area contributed by atoms with Crippen LogP contribution in [0.25, 0.3) is 16.5 Å². The third-order valence-electron chi connectivity index (χ3n) is 9.54. The van der Waals surface area contributed by atoms with Crippen LogP contribution in [0, 0.1) is 6.92 Å². The average Bonchev–Trinajstić information content (AvgIpc) is 3.46. The number of carbonyl (C=O) groups excluding carboxylic acids is 3. The van der Waals surface area contributed by atoms with E-state index in [1.807, 2.05) is 24.3 Å². The Hall–Kier alpha value is -4.71. The Kier molecular flexibility index (Phi) is 11.6. The minimum atomic E-state index is -4.30. The molecule has 0 atom stereocenters. The van der Waals surface area contributed by atoms with Gasteiger partial charge in [0.05, 0.1) is 26.9 Å². The minimum Gasteiger partial charge on any atom is -0.337 e. The molecule has 0 aliphatic carbocycles. The summed E-state index contributed by atoms with van der Waals surface area (Å²) in [4.78, 5) is 45.2. The number of hydrogen-bond acceptors (Lipinski definition) is 6. The van der Waals surface area contributed by atoms with Gasteiger partial charge in [-0.3, -0.25) is 14.4 Å². The van der Waals surface area contributed by atoms with Gasteiger partial charge in [0.1, 0.15) is 0 Å². The Bertz CT molecular complexity index is 2320. The summed E-state index contributed by atoms with van der Waals surface area (Å²) < 4.78 is 30.5. The fourth-order valence-corrected chi connectivity index (χ4v) is 7.88. The lowest BCUT2D eigenvalue weighted by atomic mass is 9.98. The third-order valence-corrected chi connectivity index (χ3v) is 11.6. The Morgan fingerprint density at radius 1 is 0.868 bits per heavy atom. The van der Waals surface area contributed by atoms with Crippen LogP contribution in [0.4, 0.5) is 0 Å².